The predicted octanol–water partition coefficient (Wildman–Crippen LogP) is 2.41. The Bertz CT molecular complexity index is 368. The minimum absolute atomic E-state index is 0.549. The van der Waals surface area contributed by atoms with E-state index in [9.17, 15) is 4.21 Å². The molecular weight excluding hydrogens is 250 g/mol. The zero-order chi connectivity index (χ0) is 12.1. The van der Waals surface area contributed by atoms with Gasteiger partial charge in [-0.3, -0.25) is 4.21 Å². The molecule has 1 aromatic rings. The summed E-state index contributed by atoms with van der Waals surface area (Å²) in [5.41, 5.74) is 1.33. The van der Waals surface area contributed by atoms with Crippen LogP contribution in [0.4, 0.5) is 0 Å². The highest BCUT2D eigenvalue weighted by molar-refractivity contribution is 7.98. The molecule has 2 rings (SSSR count). The van der Waals surface area contributed by atoms with Crippen LogP contribution in [0.25, 0.3) is 0 Å². The van der Waals surface area contributed by atoms with E-state index < -0.39 is 10.8 Å². The fourth-order valence-corrected chi connectivity index (χ4v) is 3.71. The molecule has 1 heterocycles. The van der Waals surface area contributed by atoms with E-state index in [1.165, 1.54) is 10.5 Å². The first-order chi connectivity index (χ1) is 8.28. The fourth-order valence-electron chi connectivity index (χ4n) is 2.00. The van der Waals surface area contributed by atoms with Gasteiger partial charge in [-0.15, -0.1) is 11.8 Å². The molecule has 0 saturated carbocycles. The summed E-state index contributed by atoms with van der Waals surface area (Å²) in [6.45, 7) is 0.923. The third kappa shape index (κ3) is 4.12. The van der Waals surface area contributed by atoms with E-state index >= 15 is 0 Å². The van der Waals surface area contributed by atoms with E-state index in [0.29, 0.717) is 6.04 Å². The lowest BCUT2D eigenvalue weighted by molar-refractivity contribution is 0.475. The SMILES string of the molecule is CSc1ccc(CNC2CCS(=O)CC2)cc1. The average Bonchev–Trinajstić information content (AvgIpc) is 2.39. The van der Waals surface area contributed by atoms with Gasteiger partial charge in [0, 0.05) is 39.8 Å². The minimum atomic E-state index is -0.556. The van der Waals surface area contributed by atoms with Crippen molar-refractivity contribution < 1.29 is 4.21 Å². The van der Waals surface area contributed by atoms with Crippen LogP contribution in [-0.2, 0) is 17.3 Å². The summed E-state index contributed by atoms with van der Waals surface area (Å²) in [7, 11) is -0.556. The van der Waals surface area contributed by atoms with Gasteiger partial charge in [-0.2, -0.15) is 0 Å². The number of thioether (sulfide) groups is 1. The summed E-state index contributed by atoms with van der Waals surface area (Å²) in [6.07, 6.45) is 4.19. The molecule has 2 nitrogen and oxygen atoms in total. The standard InChI is InChI=1S/C13H19NOS2/c1-16-13-4-2-11(3-5-13)10-14-12-6-8-17(15)9-7-12/h2-5,12,14H,6-10H2,1H3. The smallest absolute Gasteiger partial charge is 0.0249 e. The van der Waals surface area contributed by atoms with Crippen LogP contribution in [0.5, 0.6) is 0 Å². The molecule has 1 aliphatic heterocycles. The molecule has 1 N–H and O–H groups in total. The first-order valence-corrected chi connectivity index (χ1v) is 8.70. The third-order valence-corrected chi connectivity index (χ3v) is 5.27. The van der Waals surface area contributed by atoms with Crippen molar-refractivity contribution in [3.8, 4) is 0 Å². The lowest BCUT2D eigenvalue weighted by Crippen LogP contribution is -2.35. The van der Waals surface area contributed by atoms with Crippen LogP contribution in [-0.4, -0.2) is 28.0 Å². The Labute approximate surface area is 110 Å². The van der Waals surface area contributed by atoms with Crippen LogP contribution in [0.15, 0.2) is 29.2 Å². The average molecular weight is 269 g/mol. The maximum absolute atomic E-state index is 11.2. The zero-order valence-corrected chi connectivity index (χ0v) is 11.8. The fraction of sp³-hybridized carbons (Fsp3) is 0.538. The number of nitrogens with one attached hydrogen (secondary N) is 1. The van der Waals surface area contributed by atoms with Gasteiger partial charge in [0.1, 0.15) is 0 Å². The summed E-state index contributed by atoms with van der Waals surface area (Å²) in [6, 6.07) is 9.24. The molecule has 1 aliphatic rings. The van der Waals surface area contributed by atoms with Crippen molar-refractivity contribution in [3.05, 3.63) is 29.8 Å². The second-order valence-corrected chi connectivity index (χ2v) is 6.93. The molecule has 0 atom stereocenters. The van der Waals surface area contributed by atoms with Crippen molar-refractivity contribution in [2.75, 3.05) is 17.8 Å². The van der Waals surface area contributed by atoms with Crippen molar-refractivity contribution in [1.82, 2.24) is 5.32 Å². The van der Waals surface area contributed by atoms with Gasteiger partial charge in [0.15, 0.2) is 0 Å². The lowest BCUT2D eigenvalue weighted by Gasteiger charge is -2.22. The highest BCUT2D eigenvalue weighted by Crippen LogP contribution is 2.15. The molecule has 0 radical (unpaired) electrons. The van der Waals surface area contributed by atoms with E-state index in [0.717, 1.165) is 30.9 Å². The molecule has 0 aliphatic carbocycles. The number of hydrogen-bond donors (Lipinski definition) is 1. The zero-order valence-electron chi connectivity index (χ0n) is 10.1. The van der Waals surface area contributed by atoms with Crippen molar-refractivity contribution in [3.63, 3.8) is 0 Å². The summed E-state index contributed by atoms with van der Waals surface area (Å²) in [5.74, 6) is 1.73. The summed E-state index contributed by atoms with van der Waals surface area (Å²) in [5, 5.41) is 3.55. The van der Waals surface area contributed by atoms with Crippen LogP contribution in [0.2, 0.25) is 0 Å². The molecular formula is C13H19NOS2. The van der Waals surface area contributed by atoms with Gasteiger partial charge in [-0.1, -0.05) is 12.1 Å². The monoisotopic (exact) mass is 269 g/mol. The van der Waals surface area contributed by atoms with Crippen LogP contribution < -0.4 is 5.32 Å². The maximum atomic E-state index is 11.2. The quantitative estimate of drug-likeness (QED) is 0.851. The van der Waals surface area contributed by atoms with Gasteiger partial charge < -0.3 is 5.32 Å². The highest BCUT2D eigenvalue weighted by Gasteiger charge is 2.16. The van der Waals surface area contributed by atoms with Crippen molar-refractivity contribution in [2.45, 2.75) is 30.3 Å². The molecule has 0 unspecified atom stereocenters. The maximum Gasteiger partial charge on any atom is 0.0249 e. The van der Waals surface area contributed by atoms with Crippen LogP contribution >= 0.6 is 11.8 Å². The largest absolute Gasteiger partial charge is 0.310 e. The molecule has 0 aromatic heterocycles. The Balaban J connectivity index is 1.79. The van der Waals surface area contributed by atoms with Gasteiger partial charge in [0.05, 0.1) is 0 Å². The minimum Gasteiger partial charge on any atom is -0.310 e. The van der Waals surface area contributed by atoms with E-state index in [2.05, 4.69) is 35.8 Å². The van der Waals surface area contributed by atoms with Crippen LogP contribution in [0.1, 0.15) is 18.4 Å². The Kier molecular flexibility index (Phi) is 5.07. The molecule has 1 aromatic carbocycles. The first kappa shape index (κ1) is 13.1. The van der Waals surface area contributed by atoms with Gasteiger partial charge >= 0.3 is 0 Å². The van der Waals surface area contributed by atoms with Crippen LogP contribution in [0.3, 0.4) is 0 Å². The normalized spacial score (nSPS) is 24.8. The molecule has 0 amide bonds. The van der Waals surface area contributed by atoms with E-state index in [1.54, 1.807) is 11.8 Å². The summed E-state index contributed by atoms with van der Waals surface area (Å²) >= 11 is 1.77. The van der Waals surface area contributed by atoms with Crippen molar-refractivity contribution in [1.29, 1.82) is 0 Å². The Morgan fingerprint density at radius 2 is 1.94 bits per heavy atom. The van der Waals surface area contributed by atoms with Crippen LogP contribution in [0, 0.1) is 0 Å². The molecule has 0 spiro atoms. The van der Waals surface area contributed by atoms with E-state index in [4.69, 9.17) is 0 Å². The van der Waals surface area contributed by atoms with Crippen molar-refractivity contribution >= 4 is 22.6 Å². The first-order valence-electron chi connectivity index (χ1n) is 5.99. The molecule has 1 fully saturated rings. The lowest BCUT2D eigenvalue weighted by atomic mass is 10.1. The van der Waals surface area contributed by atoms with Gasteiger partial charge in [0.2, 0.25) is 0 Å². The van der Waals surface area contributed by atoms with Gasteiger partial charge in [-0.25, -0.2) is 0 Å². The Hall–Kier alpha value is -0.320. The summed E-state index contributed by atoms with van der Waals surface area (Å²) < 4.78 is 11.2. The second kappa shape index (κ2) is 6.57. The molecule has 17 heavy (non-hydrogen) atoms. The Morgan fingerprint density at radius 1 is 1.29 bits per heavy atom. The molecule has 1 saturated heterocycles. The van der Waals surface area contributed by atoms with Gasteiger partial charge in [0.25, 0.3) is 0 Å². The van der Waals surface area contributed by atoms with E-state index in [1.807, 2.05) is 0 Å². The highest BCUT2D eigenvalue weighted by atomic mass is 32.2. The third-order valence-electron chi connectivity index (χ3n) is 3.14. The summed E-state index contributed by atoms with van der Waals surface area (Å²) in [4.78, 5) is 1.31. The topological polar surface area (TPSA) is 29.1 Å². The predicted molar refractivity (Wildman–Crippen MR) is 76.0 cm³/mol. The Morgan fingerprint density at radius 3 is 2.53 bits per heavy atom. The molecule has 4 heteroatoms. The van der Waals surface area contributed by atoms with Crippen molar-refractivity contribution in [2.24, 2.45) is 0 Å². The number of hydrogen-bond acceptors (Lipinski definition) is 3. The molecule has 0 bridgehead atoms. The molecule has 94 valence electrons. The van der Waals surface area contributed by atoms with E-state index in [-0.39, 0.29) is 0 Å². The second-order valence-electron chi connectivity index (χ2n) is 4.35. The van der Waals surface area contributed by atoms with Gasteiger partial charge in [-0.05, 0) is 36.8 Å². The number of rotatable bonds is 4. The number of benzene rings is 1.